The van der Waals surface area contributed by atoms with Crippen molar-refractivity contribution in [3.63, 3.8) is 0 Å². The summed E-state index contributed by atoms with van der Waals surface area (Å²) in [6, 6.07) is 7.39. The molecule has 1 N–H and O–H groups in total. The third kappa shape index (κ3) is 2.99. The predicted molar refractivity (Wildman–Crippen MR) is 89.9 cm³/mol. The molecule has 2 aliphatic rings. The molecule has 21 heavy (non-hydrogen) atoms. The molecule has 0 aliphatic carbocycles. The summed E-state index contributed by atoms with van der Waals surface area (Å²) in [5.41, 5.74) is 1.27. The Morgan fingerprint density at radius 1 is 1.43 bits per heavy atom. The first-order valence-electron chi connectivity index (χ1n) is 7.95. The Hall–Kier alpha value is -0.580. The molecule has 0 bridgehead atoms. The largest absolute Gasteiger partial charge is 0.485 e. The standard InChI is InChI=1S/C17H25BrN2O/c1-4-7-19-15-10-17(9-12(2)20(3)11-17)21-16-6-5-13(18)8-14(15)16/h5-6,8,12,15,19H,4,7,9-11H2,1-3H3. The number of likely N-dealkylation sites (tertiary alicyclic amines) is 1. The monoisotopic (exact) mass is 352 g/mol. The van der Waals surface area contributed by atoms with Crippen LogP contribution in [0.3, 0.4) is 0 Å². The molecular formula is C17H25BrN2O. The molecule has 1 spiro atoms. The van der Waals surface area contributed by atoms with Gasteiger partial charge in [0.05, 0.1) is 0 Å². The first kappa shape index (κ1) is 15.3. The summed E-state index contributed by atoms with van der Waals surface area (Å²) in [5.74, 6) is 1.06. The number of hydrogen-bond donors (Lipinski definition) is 1. The van der Waals surface area contributed by atoms with Gasteiger partial charge in [0, 0.05) is 41.5 Å². The molecule has 4 heteroatoms. The van der Waals surface area contributed by atoms with E-state index in [-0.39, 0.29) is 5.60 Å². The highest BCUT2D eigenvalue weighted by Crippen LogP contribution is 2.45. The number of nitrogens with zero attached hydrogens (tertiary/aromatic N) is 1. The van der Waals surface area contributed by atoms with E-state index in [9.17, 15) is 0 Å². The molecule has 3 nitrogen and oxygen atoms in total. The lowest BCUT2D eigenvalue weighted by atomic mass is 9.85. The van der Waals surface area contributed by atoms with Crippen molar-refractivity contribution in [3.05, 3.63) is 28.2 Å². The van der Waals surface area contributed by atoms with E-state index in [2.05, 4.69) is 65.2 Å². The number of ether oxygens (including phenoxy) is 1. The summed E-state index contributed by atoms with van der Waals surface area (Å²) in [5, 5.41) is 3.72. The third-order valence-corrected chi connectivity index (χ3v) is 5.34. The summed E-state index contributed by atoms with van der Waals surface area (Å²) in [6.45, 7) is 6.59. The molecule has 3 unspecified atom stereocenters. The zero-order chi connectivity index (χ0) is 15.0. The maximum Gasteiger partial charge on any atom is 0.125 e. The minimum atomic E-state index is -0.0274. The SMILES string of the molecule is CCCNC1CC2(CC(C)N(C)C2)Oc2ccc(Br)cc21. The van der Waals surface area contributed by atoms with Crippen molar-refractivity contribution in [1.82, 2.24) is 10.2 Å². The van der Waals surface area contributed by atoms with Gasteiger partial charge < -0.3 is 10.1 Å². The predicted octanol–water partition coefficient (Wildman–Crippen LogP) is 3.74. The average molecular weight is 353 g/mol. The molecule has 0 radical (unpaired) electrons. The summed E-state index contributed by atoms with van der Waals surface area (Å²) < 4.78 is 7.61. The van der Waals surface area contributed by atoms with Gasteiger partial charge in [0.15, 0.2) is 0 Å². The molecule has 116 valence electrons. The van der Waals surface area contributed by atoms with Gasteiger partial charge in [0.1, 0.15) is 11.4 Å². The molecule has 1 saturated heterocycles. The second-order valence-electron chi connectivity index (χ2n) is 6.65. The third-order valence-electron chi connectivity index (χ3n) is 4.85. The summed E-state index contributed by atoms with van der Waals surface area (Å²) in [4.78, 5) is 2.42. The Balaban J connectivity index is 1.91. The summed E-state index contributed by atoms with van der Waals surface area (Å²) >= 11 is 3.59. The fourth-order valence-electron chi connectivity index (χ4n) is 3.73. The van der Waals surface area contributed by atoms with Crippen molar-refractivity contribution < 1.29 is 4.74 Å². The van der Waals surface area contributed by atoms with Crippen LogP contribution in [0.2, 0.25) is 0 Å². The molecule has 1 aromatic carbocycles. The van der Waals surface area contributed by atoms with Crippen LogP contribution in [0, 0.1) is 0 Å². The number of benzene rings is 1. The van der Waals surface area contributed by atoms with Gasteiger partial charge in [-0.05, 0) is 45.1 Å². The number of hydrogen-bond acceptors (Lipinski definition) is 3. The number of halogens is 1. The highest BCUT2D eigenvalue weighted by atomic mass is 79.9. The van der Waals surface area contributed by atoms with Crippen molar-refractivity contribution in [2.45, 2.75) is 50.8 Å². The van der Waals surface area contributed by atoms with E-state index >= 15 is 0 Å². The molecule has 0 aromatic heterocycles. The highest BCUT2D eigenvalue weighted by molar-refractivity contribution is 9.10. The summed E-state index contributed by atoms with van der Waals surface area (Å²) in [6.07, 6.45) is 3.33. The van der Waals surface area contributed by atoms with Gasteiger partial charge in [-0.2, -0.15) is 0 Å². The lowest BCUT2D eigenvalue weighted by Crippen LogP contribution is -2.46. The van der Waals surface area contributed by atoms with E-state index < -0.39 is 0 Å². The maximum atomic E-state index is 6.48. The fourth-order valence-corrected chi connectivity index (χ4v) is 4.11. The van der Waals surface area contributed by atoms with Crippen LogP contribution in [0.15, 0.2) is 22.7 Å². The summed E-state index contributed by atoms with van der Waals surface area (Å²) in [7, 11) is 2.20. The maximum absolute atomic E-state index is 6.48. The van der Waals surface area contributed by atoms with E-state index in [0.717, 1.165) is 42.6 Å². The minimum Gasteiger partial charge on any atom is -0.485 e. The molecular weight excluding hydrogens is 328 g/mol. The molecule has 3 atom stereocenters. The number of nitrogens with one attached hydrogen (secondary N) is 1. The van der Waals surface area contributed by atoms with Crippen molar-refractivity contribution in [3.8, 4) is 5.75 Å². The van der Waals surface area contributed by atoms with E-state index in [1.54, 1.807) is 0 Å². The zero-order valence-corrected chi connectivity index (χ0v) is 14.7. The van der Waals surface area contributed by atoms with Crippen molar-refractivity contribution in [2.24, 2.45) is 0 Å². The Labute approximate surface area is 136 Å². The van der Waals surface area contributed by atoms with Crippen molar-refractivity contribution >= 4 is 15.9 Å². The normalized spacial score (nSPS) is 32.2. The van der Waals surface area contributed by atoms with Gasteiger partial charge in [0.25, 0.3) is 0 Å². The molecule has 1 fully saturated rings. The van der Waals surface area contributed by atoms with Crippen molar-refractivity contribution in [2.75, 3.05) is 20.1 Å². The van der Waals surface area contributed by atoms with Crippen LogP contribution in [-0.4, -0.2) is 36.7 Å². The fraction of sp³-hybridized carbons (Fsp3) is 0.647. The van der Waals surface area contributed by atoms with Crippen LogP contribution in [0.5, 0.6) is 5.75 Å². The van der Waals surface area contributed by atoms with E-state index in [0.29, 0.717) is 12.1 Å². The smallest absolute Gasteiger partial charge is 0.125 e. The Kier molecular flexibility index (Phi) is 4.30. The van der Waals surface area contributed by atoms with Crippen molar-refractivity contribution in [1.29, 1.82) is 0 Å². The van der Waals surface area contributed by atoms with E-state index in [4.69, 9.17) is 4.74 Å². The minimum absolute atomic E-state index is 0.0274. The van der Waals surface area contributed by atoms with Crippen LogP contribution in [0.25, 0.3) is 0 Å². The first-order chi connectivity index (χ1) is 10.0. The average Bonchev–Trinajstić information content (AvgIpc) is 2.71. The Bertz CT molecular complexity index is 510. The van der Waals surface area contributed by atoms with Crippen LogP contribution in [0.4, 0.5) is 0 Å². The second kappa shape index (κ2) is 5.90. The van der Waals surface area contributed by atoms with Gasteiger partial charge in [0.2, 0.25) is 0 Å². The van der Waals surface area contributed by atoms with Gasteiger partial charge >= 0.3 is 0 Å². The quantitative estimate of drug-likeness (QED) is 0.896. The number of likely N-dealkylation sites (N-methyl/N-ethyl adjacent to an activating group) is 1. The lowest BCUT2D eigenvalue weighted by Gasteiger charge is -2.40. The lowest BCUT2D eigenvalue weighted by molar-refractivity contribution is 0.0405. The van der Waals surface area contributed by atoms with E-state index in [1.807, 2.05) is 0 Å². The van der Waals surface area contributed by atoms with Crippen LogP contribution >= 0.6 is 15.9 Å². The molecule has 3 rings (SSSR count). The molecule has 0 amide bonds. The van der Waals surface area contributed by atoms with Gasteiger partial charge in [-0.3, -0.25) is 4.90 Å². The van der Waals surface area contributed by atoms with Gasteiger partial charge in [-0.1, -0.05) is 22.9 Å². The molecule has 2 heterocycles. The number of fused-ring (bicyclic) bond motifs is 1. The first-order valence-corrected chi connectivity index (χ1v) is 8.74. The zero-order valence-electron chi connectivity index (χ0n) is 13.2. The van der Waals surface area contributed by atoms with Crippen LogP contribution in [0.1, 0.15) is 44.7 Å². The molecule has 0 saturated carbocycles. The van der Waals surface area contributed by atoms with Gasteiger partial charge in [-0.15, -0.1) is 0 Å². The van der Waals surface area contributed by atoms with Crippen LogP contribution in [-0.2, 0) is 0 Å². The Morgan fingerprint density at radius 2 is 2.24 bits per heavy atom. The van der Waals surface area contributed by atoms with Crippen LogP contribution < -0.4 is 10.1 Å². The molecule has 2 aliphatic heterocycles. The topological polar surface area (TPSA) is 24.5 Å². The second-order valence-corrected chi connectivity index (χ2v) is 7.56. The Morgan fingerprint density at radius 3 is 2.90 bits per heavy atom. The highest BCUT2D eigenvalue weighted by Gasteiger charge is 2.47. The molecule has 1 aromatic rings. The number of rotatable bonds is 3. The van der Waals surface area contributed by atoms with Gasteiger partial charge in [-0.25, -0.2) is 0 Å². The van der Waals surface area contributed by atoms with E-state index in [1.165, 1.54) is 5.56 Å².